The lowest BCUT2D eigenvalue weighted by atomic mass is 10.1. The van der Waals surface area contributed by atoms with Gasteiger partial charge in [0.25, 0.3) is 17.0 Å². The Morgan fingerprint density at radius 2 is 1.47 bits per heavy atom. The van der Waals surface area contributed by atoms with Gasteiger partial charge in [-0.1, -0.05) is 23.9 Å². The lowest BCUT2D eigenvalue weighted by Gasteiger charge is -2.16. The van der Waals surface area contributed by atoms with Crippen LogP contribution in [0.4, 0.5) is 0 Å². The number of carbonyl (C=O) groups excluding carboxylic acids is 2. The minimum atomic E-state index is -0.284. The summed E-state index contributed by atoms with van der Waals surface area (Å²) >= 11 is 1.27. The van der Waals surface area contributed by atoms with Crippen LogP contribution in [0, 0.1) is 0 Å². The third-order valence-electron chi connectivity index (χ3n) is 4.98. The molecule has 1 aromatic heterocycles. The van der Waals surface area contributed by atoms with Crippen molar-refractivity contribution in [2.24, 2.45) is 0 Å². The van der Waals surface area contributed by atoms with Crippen molar-refractivity contribution in [2.75, 3.05) is 32.1 Å². The van der Waals surface area contributed by atoms with E-state index in [1.165, 1.54) is 16.7 Å². The average molecular weight is 484 g/mol. The monoisotopic (exact) mass is 483 g/mol. The Morgan fingerprint density at radius 1 is 0.882 bits per heavy atom. The molecule has 34 heavy (non-hydrogen) atoms. The molecule has 0 radical (unpaired) electrons. The number of hydrogen-bond acceptors (Lipinski definition) is 9. The number of imide groups is 1. The Balaban J connectivity index is 1.46. The molecule has 0 fully saturated rings. The molecule has 178 valence electrons. The second-order valence-electron chi connectivity index (χ2n) is 7.13. The summed E-state index contributed by atoms with van der Waals surface area (Å²) in [6.45, 7) is 7.28. The SMILES string of the molecule is CCOc1cc(-c2nnc(SCCN3C(=O)c4ccccc4C3=O)o2)cc(OCC)c1OCC. The molecule has 0 spiro atoms. The van der Waals surface area contributed by atoms with E-state index < -0.39 is 0 Å². The van der Waals surface area contributed by atoms with E-state index in [9.17, 15) is 9.59 Å². The number of amides is 2. The lowest BCUT2D eigenvalue weighted by Crippen LogP contribution is -2.31. The molecule has 0 bridgehead atoms. The van der Waals surface area contributed by atoms with Gasteiger partial charge in [-0.2, -0.15) is 0 Å². The van der Waals surface area contributed by atoms with E-state index in [0.717, 1.165) is 0 Å². The Morgan fingerprint density at radius 3 is 2.03 bits per heavy atom. The molecule has 2 aromatic carbocycles. The molecule has 2 heterocycles. The lowest BCUT2D eigenvalue weighted by molar-refractivity contribution is 0.0664. The van der Waals surface area contributed by atoms with Crippen LogP contribution in [0.3, 0.4) is 0 Å². The number of carbonyl (C=O) groups is 2. The molecule has 2 amide bonds. The van der Waals surface area contributed by atoms with Crippen LogP contribution in [0.15, 0.2) is 46.0 Å². The van der Waals surface area contributed by atoms with Crippen LogP contribution in [0.2, 0.25) is 0 Å². The molecule has 0 saturated heterocycles. The minimum absolute atomic E-state index is 0.237. The first kappa shape index (κ1) is 23.6. The third-order valence-corrected chi connectivity index (χ3v) is 5.78. The summed E-state index contributed by atoms with van der Waals surface area (Å²) in [6.07, 6.45) is 0. The largest absolute Gasteiger partial charge is 0.490 e. The second-order valence-corrected chi connectivity index (χ2v) is 8.18. The fourth-order valence-electron chi connectivity index (χ4n) is 3.56. The van der Waals surface area contributed by atoms with E-state index in [1.807, 2.05) is 20.8 Å². The zero-order valence-corrected chi connectivity index (χ0v) is 20.0. The van der Waals surface area contributed by atoms with Gasteiger partial charge in [0.15, 0.2) is 11.5 Å². The highest BCUT2D eigenvalue weighted by molar-refractivity contribution is 7.99. The fraction of sp³-hybridized carbons (Fsp3) is 0.333. The maximum absolute atomic E-state index is 12.5. The molecule has 0 saturated carbocycles. The van der Waals surface area contributed by atoms with E-state index in [4.69, 9.17) is 18.6 Å². The van der Waals surface area contributed by atoms with Gasteiger partial charge in [0.2, 0.25) is 11.6 Å². The minimum Gasteiger partial charge on any atom is -0.490 e. The summed E-state index contributed by atoms with van der Waals surface area (Å²) < 4.78 is 23.0. The third kappa shape index (κ3) is 4.72. The van der Waals surface area contributed by atoms with Crippen LogP contribution < -0.4 is 14.2 Å². The zero-order valence-electron chi connectivity index (χ0n) is 19.2. The molecule has 0 aliphatic carbocycles. The van der Waals surface area contributed by atoms with Crippen molar-refractivity contribution < 1.29 is 28.2 Å². The Labute approximate surface area is 201 Å². The van der Waals surface area contributed by atoms with Gasteiger partial charge in [-0.25, -0.2) is 0 Å². The first-order valence-corrected chi connectivity index (χ1v) is 12.0. The van der Waals surface area contributed by atoms with E-state index in [-0.39, 0.29) is 18.4 Å². The van der Waals surface area contributed by atoms with Crippen LogP contribution in [-0.4, -0.2) is 59.0 Å². The first-order chi connectivity index (χ1) is 16.6. The maximum Gasteiger partial charge on any atom is 0.276 e. The van der Waals surface area contributed by atoms with Crippen molar-refractivity contribution in [3.05, 3.63) is 47.5 Å². The van der Waals surface area contributed by atoms with Crippen molar-refractivity contribution in [3.8, 4) is 28.7 Å². The number of benzene rings is 2. The molecule has 9 nitrogen and oxygen atoms in total. The Hall–Kier alpha value is -3.53. The Kier molecular flexibility index (Phi) is 7.36. The predicted octanol–water partition coefficient (Wildman–Crippen LogP) is 4.32. The van der Waals surface area contributed by atoms with Crippen LogP contribution in [0.5, 0.6) is 17.2 Å². The standard InChI is InChI=1S/C24H25N3O6S/c1-4-30-18-13-15(14-19(31-5-2)20(18)32-6-3)21-25-26-24(33-21)34-12-11-27-22(28)16-9-7-8-10-17(16)23(27)29/h7-10,13-14H,4-6,11-12H2,1-3H3. The van der Waals surface area contributed by atoms with Crippen LogP contribution in [0.1, 0.15) is 41.5 Å². The molecule has 4 rings (SSSR count). The molecule has 1 aliphatic heterocycles. The fourth-order valence-corrected chi connectivity index (χ4v) is 4.25. The molecular weight excluding hydrogens is 458 g/mol. The van der Waals surface area contributed by atoms with E-state index in [0.29, 0.717) is 70.6 Å². The Bertz CT molecular complexity index is 1130. The zero-order chi connectivity index (χ0) is 24.1. The van der Waals surface area contributed by atoms with Gasteiger partial charge >= 0.3 is 0 Å². The molecule has 0 N–H and O–H groups in total. The maximum atomic E-state index is 12.5. The molecule has 1 aliphatic rings. The van der Waals surface area contributed by atoms with Crippen molar-refractivity contribution in [2.45, 2.75) is 26.0 Å². The number of nitrogens with zero attached hydrogens (tertiary/aromatic N) is 3. The van der Waals surface area contributed by atoms with E-state index >= 15 is 0 Å². The number of thioether (sulfide) groups is 1. The number of aromatic nitrogens is 2. The van der Waals surface area contributed by atoms with Crippen molar-refractivity contribution in [1.29, 1.82) is 0 Å². The van der Waals surface area contributed by atoms with Gasteiger partial charge in [-0.3, -0.25) is 14.5 Å². The first-order valence-electron chi connectivity index (χ1n) is 11.1. The highest BCUT2D eigenvalue weighted by Crippen LogP contribution is 2.42. The van der Waals surface area contributed by atoms with Gasteiger partial charge in [-0.15, -0.1) is 10.2 Å². The van der Waals surface area contributed by atoms with Crippen molar-refractivity contribution in [1.82, 2.24) is 15.1 Å². The van der Waals surface area contributed by atoms with Gasteiger partial charge in [-0.05, 0) is 45.0 Å². The number of fused-ring (bicyclic) bond motifs is 1. The molecule has 3 aromatic rings. The van der Waals surface area contributed by atoms with Crippen LogP contribution in [0.25, 0.3) is 11.5 Å². The highest BCUT2D eigenvalue weighted by atomic mass is 32.2. The smallest absolute Gasteiger partial charge is 0.276 e. The summed E-state index contributed by atoms with van der Waals surface area (Å²) in [5.74, 6) is 1.75. The summed E-state index contributed by atoms with van der Waals surface area (Å²) in [7, 11) is 0. The average Bonchev–Trinajstić information content (AvgIpc) is 3.40. The predicted molar refractivity (Wildman–Crippen MR) is 126 cm³/mol. The van der Waals surface area contributed by atoms with E-state index in [1.54, 1.807) is 36.4 Å². The molecule has 0 unspecified atom stereocenters. The summed E-state index contributed by atoms with van der Waals surface area (Å²) in [5.41, 5.74) is 1.50. The van der Waals surface area contributed by atoms with Gasteiger partial charge in [0.1, 0.15) is 0 Å². The molecule has 10 heteroatoms. The quantitative estimate of drug-likeness (QED) is 0.291. The topological polar surface area (TPSA) is 104 Å². The highest BCUT2D eigenvalue weighted by Gasteiger charge is 2.34. The molecule has 0 atom stereocenters. The van der Waals surface area contributed by atoms with Gasteiger partial charge in [0.05, 0.1) is 30.9 Å². The summed E-state index contributed by atoms with van der Waals surface area (Å²) in [4.78, 5) is 26.2. The summed E-state index contributed by atoms with van der Waals surface area (Å²) in [6, 6.07) is 10.4. The van der Waals surface area contributed by atoms with Gasteiger partial charge < -0.3 is 18.6 Å². The van der Waals surface area contributed by atoms with Gasteiger partial charge in [0, 0.05) is 17.9 Å². The number of rotatable bonds is 11. The molecular formula is C24H25N3O6S. The van der Waals surface area contributed by atoms with Crippen molar-refractivity contribution >= 4 is 23.6 Å². The second kappa shape index (κ2) is 10.6. The number of ether oxygens (including phenoxy) is 3. The normalized spacial score (nSPS) is 12.7. The number of hydrogen-bond donors (Lipinski definition) is 0. The van der Waals surface area contributed by atoms with Crippen LogP contribution >= 0.6 is 11.8 Å². The van der Waals surface area contributed by atoms with Crippen molar-refractivity contribution in [3.63, 3.8) is 0 Å². The van der Waals surface area contributed by atoms with E-state index in [2.05, 4.69) is 10.2 Å². The summed E-state index contributed by atoms with van der Waals surface area (Å²) in [5, 5.41) is 8.56. The van der Waals surface area contributed by atoms with Crippen LogP contribution in [-0.2, 0) is 0 Å².